The number of nitrogens with zero attached hydrogens (tertiary/aromatic N) is 3. The fourth-order valence-electron chi connectivity index (χ4n) is 4.76. The normalized spacial score (nSPS) is 25.1. The highest BCUT2D eigenvalue weighted by Gasteiger charge is 2.28. The zero-order valence-corrected chi connectivity index (χ0v) is 18.6. The second-order valence-electron chi connectivity index (χ2n) is 9.38. The maximum Gasteiger partial charge on any atom is 0.224 e. The van der Waals surface area contributed by atoms with Crippen LogP contribution in [0.4, 0.5) is 0 Å². The lowest BCUT2D eigenvalue weighted by Crippen LogP contribution is -2.42. The van der Waals surface area contributed by atoms with E-state index in [1.807, 2.05) is 0 Å². The van der Waals surface area contributed by atoms with Crippen LogP contribution in [0.3, 0.4) is 0 Å². The monoisotopic (exact) mass is 400 g/mol. The molecule has 1 N–H and O–H groups in total. The summed E-state index contributed by atoms with van der Waals surface area (Å²) in [5.41, 5.74) is 1.42. The number of likely N-dealkylation sites (tertiary alicyclic amines) is 2. The van der Waals surface area contributed by atoms with E-state index in [-0.39, 0.29) is 11.8 Å². The molecule has 1 aromatic rings. The van der Waals surface area contributed by atoms with Gasteiger partial charge in [0.15, 0.2) is 0 Å². The van der Waals surface area contributed by atoms with Crippen molar-refractivity contribution in [3.63, 3.8) is 0 Å². The highest BCUT2D eigenvalue weighted by molar-refractivity contribution is 5.78. The fourth-order valence-corrected chi connectivity index (χ4v) is 4.76. The third kappa shape index (κ3) is 7.09. The lowest BCUT2D eigenvalue weighted by molar-refractivity contribution is -0.125. The summed E-state index contributed by atoms with van der Waals surface area (Å²) in [6.45, 7) is 6.24. The Kier molecular flexibility index (Phi) is 8.52. The molecule has 0 radical (unpaired) electrons. The van der Waals surface area contributed by atoms with Crippen LogP contribution in [0.2, 0.25) is 0 Å². The van der Waals surface area contributed by atoms with Crippen molar-refractivity contribution in [2.75, 3.05) is 60.4 Å². The molecule has 162 valence electrons. The van der Waals surface area contributed by atoms with Crippen LogP contribution in [0, 0.1) is 11.8 Å². The van der Waals surface area contributed by atoms with E-state index in [9.17, 15) is 4.79 Å². The first-order valence-corrected chi connectivity index (χ1v) is 11.4. The first-order valence-electron chi connectivity index (χ1n) is 11.4. The van der Waals surface area contributed by atoms with Gasteiger partial charge in [-0.05, 0) is 77.8 Å². The van der Waals surface area contributed by atoms with Gasteiger partial charge in [-0.2, -0.15) is 0 Å². The third-order valence-electron chi connectivity index (χ3n) is 6.84. The van der Waals surface area contributed by atoms with Crippen LogP contribution in [-0.2, 0) is 11.2 Å². The largest absolute Gasteiger partial charge is 0.356 e. The second-order valence-corrected chi connectivity index (χ2v) is 9.38. The highest BCUT2D eigenvalue weighted by atomic mass is 16.1. The molecule has 2 heterocycles. The maximum atomic E-state index is 12.8. The number of benzene rings is 1. The smallest absolute Gasteiger partial charge is 0.224 e. The van der Waals surface area contributed by atoms with Crippen molar-refractivity contribution in [2.45, 2.75) is 38.1 Å². The number of nitrogens with one attached hydrogen (secondary N) is 1. The Labute approximate surface area is 177 Å². The van der Waals surface area contributed by atoms with Gasteiger partial charge in [-0.15, -0.1) is 0 Å². The molecule has 1 amide bonds. The van der Waals surface area contributed by atoms with E-state index in [0.717, 1.165) is 58.5 Å². The van der Waals surface area contributed by atoms with Gasteiger partial charge < -0.3 is 20.0 Å². The van der Waals surface area contributed by atoms with E-state index < -0.39 is 0 Å². The van der Waals surface area contributed by atoms with E-state index in [2.05, 4.69) is 71.5 Å². The van der Waals surface area contributed by atoms with Crippen LogP contribution in [0.15, 0.2) is 30.3 Å². The van der Waals surface area contributed by atoms with Crippen molar-refractivity contribution in [3.05, 3.63) is 35.9 Å². The molecule has 0 aliphatic carbocycles. The minimum absolute atomic E-state index is 0.135. The van der Waals surface area contributed by atoms with Gasteiger partial charge in [-0.25, -0.2) is 0 Å². The summed E-state index contributed by atoms with van der Waals surface area (Å²) in [7, 11) is 6.43. The van der Waals surface area contributed by atoms with Crippen LogP contribution in [-0.4, -0.2) is 87.1 Å². The molecule has 2 aliphatic rings. The Morgan fingerprint density at radius 3 is 2.48 bits per heavy atom. The van der Waals surface area contributed by atoms with Crippen LogP contribution >= 0.6 is 0 Å². The number of amides is 1. The van der Waals surface area contributed by atoms with Gasteiger partial charge in [0.1, 0.15) is 0 Å². The van der Waals surface area contributed by atoms with E-state index in [1.54, 1.807) is 0 Å². The molecule has 2 fully saturated rings. The minimum atomic E-state index is 0.135. The Hall–Kier alpha value is -1.43. The zero-order valence-electron chi connectivity index (χ0n) is 18.6. The number of carbonyl (C=O) groups is 1. The molecular weight excluding hydrogens is 360 g/mol. The van der Waals surface area contributed by atoms with Gasteiger partial charge >= 0.3 is 0 Å². The molecule has 5 nitrogen and oxygen atoms in total. The van der Waals surface area contributed by atoms with Crippen molar-refractivity contribution in [1.29, 1.82) is 0 Å². The Balaban J connectivity index is 1.35. The van der Waals surface area contributed by atoms with Gasteiger partial charge in [-0.1, -0.05) is 30.3 Å². The quantitative estimate of drug-likeness (QED) is 0.763. The summed E-state index contributed by atoms with van der Waals surface area (Å²) in [6, 6.07) is 11.3. The Morgan fingerprint density at radius 1 is 1.07 bits per heavy atom. The van der Waals surface area contributed by atoms with E-state index in [4.69, 9.17) is 0 Å². The van der Waals surface area contributed by atoms with E-state index >= 15 is 0 Å². The maximum absolute atomic E-state index is 12.8. The van der Waals surface area contributed by atoms with Gasteiger partial charge in [0.25, 0.3) is 0 Å². The number of hydrogen-bond donors (Lipinski definition) is 1. The molecule has 0 bridgehead atoms. The van der Waals surface area contributed by atoms with Crippen molar-refractivity contribution in [2.24, 2.45) is 11.8 Å². The molecule has 0 spiro atoms. The van der Waals surface area contributed by atoms with Crippen LogP contribution in [0.1, 0.15) is 31.2 Å². The third-order valence-corrected chi connectivity index (χ3v) is 6.84. The van der Waals surface area contributed by atoms with Crippen molar-refractivity contribution < 1.29 is 4.79 Å². The average Bonchev–Trinajstić information content (AvgIpc) is 2.94. The molecule has 3 rings (SSSR count). The standard InChI is InChI=1S/C24H40N4O/c1-26(2)23-10-9-22(18-27(3)19-23)24(29)25-17-21-12-15-28(16-13-21)14-11-20-7-5-4-6-8-20/h4-8,21-23H,9-19H2,1-3H3,(H,25,29)/t22-,23+/m1/s1. The fraction of sp³-hybridized carbons (Fsp3) is 0.708. The van der Waals surface area contributed by atoms with Gasteiger partial charge in [0.05, 0.1) is 5.92 Å². The van der Waals surface area contributed by atoms with Gasteiger partial charge in [0.2, 0.25) is 5.91 Å². The zero-order chi connectivity index (χ0) is 20.6. The van der Waals surface area contributed by atoms with E-state index in [0.29, 0.717) is 12.0 Å². The Bertz CT molecular complexity index is 613. The lowest BCUT2D eigenvalue weighted by Gasteiger charge is -2.32. The predicted octanol–water partition coefficient (Wildman–Crippen LogP) is 2.33. The molecule has 0 saturated carbocycles. The van der Waals surface area contributed by atoms with Gasteiger partial charge in [-0.3, -0.25) is 4.79 Å². The SMILES string of the molecule is CN1C[C@H](C(=O)NCC2CCN(CCc3ccccc3)CC2)CC[C@H](N(C)C)C1. The first kappa shape index (κ1) is 22.3. The van der Waals surface area contributed by atoms with E-state index in [1.165, 1.54) is 18.4 Å². The average molecular weight is 401 g/mol. The summed E-state index contributed by atoms with van der Waals surface area (Å²) in [6.07, 6.45) is 5.63. The molecule has 0 unspecified atom stereocenters. The molecule has 5 heteroatoms. The number of hydrogen-bond acceptors (Lipinski definition) is 4. The molecule has 2 atom stereocenters. The minimum Gasteiger partial charge on any atom is -0.356 e. The summed E-state index contributed by atoms with van der Waals surface area (Å²) in [5, 5.41) is 3.29. The topological polar surface area (TPSA) is 38.8 Å². The summed E-state index contributed by atoms with van der Waals surface area (Å²) < 4.78 is 0. The summed E-state index contributed by atoms with van der Waals surface area (Å²) in [5.74, 6) is 1.03. The summed E-state index contributed by atoms with van der Waals surface area (Å²) in [4.78, 5) is 20.0. The number of rotatable bonds is 7. The van der Waals surface area contributed by atoms with Gasteiger partial charge in [0, 0.05) is 32.2 Å². The van der Waals surface area contributed by atoms with Crippen LogP contribution in [0.5, 0.6) is 0 Å². The number of piperidine rings is 1. The second kappa shape index (κ2) is 11.1. The number of carbonyl (C=O) groups excluding carboxylic acids is 1. The molecule has 2 saturated heterocycles. The lowest BCUT2D eigenvalue weighted by atomic mass is 9.95. The molecular formula is C24H40N4O. The van der Waals surface area contributed by atoms with Crippen molar-refractivity contribution >= 4 is 5.91 Å². The highest BCUT2D eigenvalue weighted by Crippen LogP contribution is 2.20. The molecule has 0 aromatic heterocycles. The van der Waals surface area contributed by atoms with Crippen molar-refractivity contribution in [3.8, 4) is 0 Å². The first-order chi connectivity index (χ1) is 14.0. The van der Waals surface area contributed by atoms with Crippen molar-refractivity contribution in [1.82, 2.24) is 20.0 Å². The number of likely N-dealkylation sites (N-methyl/N-ethyl adjacent to an activating group) is 2. The summed E-state index contributed by atoms with van der Waals surface area (Å²) >= 11 is 0. The molecule has 29 heavy (non-hydrogen) atoms. The Morgan fingerprint density at radius 2 is 1.79 bits per heavy atom. The molecule has 1 aromatic carbocycles. The van der Waals surface area contributed by atoms with Crippen LogP contribution in [0.25, 0.3) is 0 Å². The molecule has 2 aliphatic heterocycles. The van der Waals surface area contributed by atoms with Crippen LogP contribution < -0.4 is 5.32 Å². The predicted molar refractivity (Wildman–Crippen MR) is 120 cm³/mol.